The number of nitrogens with zero attached hydrogens (tertiary/aromatic N) is 4. The fourth-order valence-electron chi connectivity index (χ4n) is 1.73. The van der Waals surface area contributed by atoms with Crippen molar-refractivity contribution in [3.05, 3.63) is 24.3 Å². The second-order valence-corrected chi connectivity index (χ2v) is 4.23. The summed E-state index contributed by atoms with van der Waals surface area (Å²) >= 11 is 0. The molecule has 2 aromatic rings. The number of rotatable bonds is 6. The van der Waals surface area contributed by atoms with E-state index in [9.17, 15) is 0 Å². The molecule has 1 N–H and O–H groups in total. The summed E-state index contributed by atoms with van der Waals surface area (Å²) in [6.45, 7) is 4.79. The standard InChI is InChI=1S/C13H19N5O/c1-4-6-19-13-7-12(14-9-15-13)16-11-8-18(3)17-10(11)5-2/h7-9H,4-6H2,1-3H3,(H,14,15,16). The first-order valence-corrected chi connectivity index (χ1v) is 6.47. The monoisotopic (exact) mass is 261 g/mol. The van der Waals surface area contributed by atoms with Crippen molar-refractivity contribution < 1.29 is 4.74 Å². The molecule has 0 unspecified atom stereocenters. The molecular formula is C13H19N5O. The average molecular weight is 261 g/mol. The van der Waals surface area contributed by atoms with E-state index in [2.05, 4.69) is 34.2 Å². The Morgan fingerprint density at radius 2 is 2.16 bits per heavy atom. The van der Waals surface area contributed by atoms with Crippen LogP contribution in [0.15, 0.2) is 18.6 Å². The molecule has 2 aromatic heterocycles. The molecule has 6 nitrogen and oxygen atoms in total. The second kappa shape index (κ2) is 6.17. The predicted octanol–water partition coefficient (Wildman–Crippen LogP) is 2.30. The lowest BCUT2D eigenvalue weighted by molar-refractivity contribution is 0.305. The van der Waals surface area contributed by atoms with Crippen LogP contribution in [0.4, 0.5) is 11.5 Å². The van der Waals surface area contributed by atoms with Crippen LogP contribution in [0.1, 0.15) is 26.0 Å². The van der Waals surface area contributed by atoms with Gasteiger partial charge in [-0.15, -0.1) is 0 Å². The number of aryl methyl sites for hydroxylation is 2. The van der Waals surface area contributed by atoms with Crippen LogP contribution in [0.5, 0.6) is 5.88 Å². The normalized spacial score (nSPS) is 10.5. The molecule has 0 aliphatic rings. The van der Waals surface area contributed by atoms with E-state index in [1.807, 2.05) is 13.2 Å². The molecule has 19 heavy (non-hydrogen) atoms. The Hall–Kier alpha value is -2.11. The van der Waals surface area contributed by atoms with Gasteiger partial charge in [-0.2, -0.15) is 5.10 Å². The van der Waals surface area contributed by atoms with Crippen molar-refractivity contribution in [2.45, 2.75) is 26.7 Å². The molecule has 0 saturated carbocycles. The molecule has 0 aliphatic carbocycles. The second-order valence-electron chi connectivity index (χ2n) is 4.23. The molecule has 0 aliphatic heterocycles. The Balaban J connectivity index is 2.13. The van der Waals surface area contributed by atoms with E-state index in [4.69, 9.17) is 4.74 Å². The Labute approximate surface area is 112 Å². The highest BCUT2D eigenvalue weighted by Gasteiger charge is 2.07. The van der Waals surface area contributed by atoms with Gasteiger partial charge < -0.3 is 10.1 Å². The van der Waals surface area contributed by atoms with Gasteiger partial charge in [-0.1, -0.05) is 13.8 Å². The van der Waals surface area contributed by atoms with Crippen molar-refractivity contribution in [3.63, 3.8) is 0 Å². The van der Waals surface area contributed by atoms with Gasteiger partial charge in [-0.25, -0.2) is 9.97 Å². The SMILES string of the molecule is CCCOc1cc(Nc2cn(C)nc2CC)ncn1. The Morgan fingerprint density at radius 1 is 1.32 bits per heavy atom. The van der Waals surface area contributed by atoms with E-state index >= 15 is 0 Å². The zero-order valence-electron chi connectivity index (χ0n) is 11.6. The maximum atomic E-state index is 5.48. The highest BCUT2D eigenvalue weighted by Crippen LogP contribution is 2.20. The van der Waals surface area contributed by atoms with Crippen LogP contribution in [-0.2, 0) is 13.5 Å². The van der Waals surface area contributed by atoms with Gasteiger partial charge in [-0.3, -0.25) is 4.68 Å². The Kier molecular flexibility index (Phi) is 4.33. The summed E-state index contributed by atoms with van der Waals surface area (Å²) in [6, 6.07) is 1.79. The molecule has 102 valence electrons. The summed E-state index contributed by atoms with van der Waals surface area (Å²) < 4.78 is 7.27. The third-order valence-corrected chi connectivity index (χ3v) is 2.60. The van der Waals surface area contributed by atoms with Gasteiger partial charge in [0.2, 0.25) is 5.88 Å². The third kappa shape index (κ3) is 3.43. The lowest BCUT2D eigenvalue weighted by atomic mass is 10.3. The fourth-order valence-corrected chi connectivity index (χ4v) is 1.73. The number of aromatic nitrogens is 4. The van der Waals surface area contributed by atoms with Crippen molar-refractivity contribution in [2.24, 2.45) is 7.05 Å². The number of nitrogens with one attached hydrogen (secondary N) is 1. The molecule has 0 bridgehead atoms. The van der Waals surface area contributed by atoms with Gasteiger partial charge >= 0.3 is 0 Å². The van der Waals surface area contributed by atoms with Crippen molar-refractivity contribution in [1.29, 1.82) is 0 Å². The minimum absolute atomic E-state index is 0.585. The lowest BCUT2D eigenvalue weighted by Crippen LogP contribution is -2.00. The minimum Gasteiger partial charge on any atom is -0.478 e. The van der Waals surface area contributed by atoms with E-state index in [1.54, 1.807) is 10.7 Å². The number of ether oxygens (including phenoxy) is 1. The molecule has 2 heterocycles. The van der Waals surface area contributed by atoms with Gasteiger partial charge in [0.25, 0.3) is 0 Å². The van der Waals surface area contributed by atoms with E-state index in [-0.39, 0.29) is 0 Å². The van der Waals surface area contributed by atoms with Crippen molar-refractivity contribution in [3.8, 4) is 5.88 Å². The lowest BCUT2D eigenvalue weighted by Gasteiger charge is -2.07. The molecule has 0 spiro atoms. The summed E-state index contributed by atoms with van der Waals surface area (Å²) in [4.78, 5) is 8.26. The molecule has 0 amide bonds. The van der Waals surface area contributed by atoms with Crippen LogP contribution in [0.25, 0.3) is 0 Å². The maximum Gasteiger partial charge on any atom is 0.218 e. The first kappa shape index (κ1) is 13.3. The highest BCUT2D eigenvalue weighted by atomic mass is 16.5. The maximum absolute atomic E-state index is 5.48. The molecule has 0 saturated heterocycles. The first-order chi connectivity index (χ1) is 9.22. The van der Waals surface area contributed by atoms with E-state index in [1.165, 1.54) is 6.33 Å². The average Bonchev–Trinajstić information content (AvgIpc) is 2.77. The van der Waals surface area contributed by atoms with Gasteiger partial charge in [0.15, 0.2) is 0 Å². The number of hydrogen-bond donors (Lipinski definition) is 1. The molecule has 0 atom stereocenters. The van der Waals surface area contributed by atoms with Crippen LogP contribution < -0.4 is 10.1 Å². The van der Waals surface area contributed by atoms with Gasteiger partial charge in [0.1, 0.15) is 12.1 Å². The van der Waals surface area contributed by atoms with Crippen LogP contribution >= 0.6 is 0 Å². The molecule has 0 fully saturated rings. The largest absolute Gasteiger partial charge is 0.478 e. The van der Waals surface area contributed by atoms with Gasteiger partial charge in [0.05, 0.1) is 18.0 Å². The zero-order valence-corrected chi connectivity index (χ0v) is 11.6. The molecule has 6 heteroatoms. The van der Waals surface area contributed by atoms with E-state index in [0.717, 1.165) is 24.2 Å². The number of hydrogen-bond acceptors (Lipinski definition) is 5. The summed E-state index contributed by atoms with van der Waals surface area (Å²) in [7, 11) is 1.90. The summed E-state index contributed by atoms with van der Waals surface area (Å²) in [6.07, 6.45) is 5.26. The zero-order chi connectivity index (χ0) is 13.7. The summed E-state index contributed by atoms with van der Waals surface area (Å²) in [5, 5.41) is 7.62. The topological polar surface area (TPSA) is 64.9 Å². The highest BCUT2D eigenvalue weighted by molar-refractivity contribution is 5.58. The molecular weight excluding hydrogens is 242 g/mol. The van der Waals surface area contributed by atoms with Crippen LogP contribution in [0.3, 0.4) is 0 Å². The summed E-state index contributed by atoms with van der Waals surface area (Å²) in [5.74, 6) is 1.30. The van der Waals surface area contributed by atoms with Gasteiger partial charge in [-0.05, 0) is 12.8 Å². The quantitative estimate of drug-likeness (QED) is 0.864. The Bertz CT molecular complexity index is 538. The predicted molar refractivity (Wildman–Crippen MR) is 73.7 cm³/mol. The van der Waals surface area contributed by atoms with Crippen LogP contribution in [0.2, 0.25) is 0 Å². The smallest absolute Gasteiger partial charge is 0.218 e. The molecule has 2 rings (SSSR count). The van der Waals surface area contributed by atoms with E-state index in [0.29, 0.717) is 18.3 Å². The van der Waals surface area contributed by atoms with Crippen LogP contribution in [0, 0.1) is 0 Å². The molecule has 0 radical (unpaired) electrons. The van der Waals surface area contributed by atoms with Gasteiger partial charge in [0, 0.05) is 19.3 Å². The van der Waals surface area contributed by atoms with Crippen molar-refractivity contribution >= 4 is 11.5 Å². The number of anilines is 2. The van der Waals surface area contributed by atoms with Crippen LogP contribution in [-0.4, -0.2) is 26.4 Å². The van der Waals surface area contributed by atoms with Crippen molar-refractivity contribution in [1.82, 2.24) is 19.7 Å². The van der Waals surface area contributed by atoms with E-state index < -0.39 is 0 Å². The van der Waals surface area contributed by atoms with Crippen molar-refractivity contribution in [2.75, 3.05) is 11.9 Å². The minimum atomic E-state index is 0.585. The fraction of sp³-hybridized carbons (Fsp3) is 0.462. The third-order valence-electron chi connectivity index (χ3n) is 2.60. The first-order valence-electron chi connectivity index (χ1n) is 6.47. The molecule has 0 aromatic carbocycles. The summed E-state index contributed by atoms with van der Waals surface area (Å²) in [5.41, 5.74) is 1.97. The Morgan fingerprint density at radius 3 is 2.89 bits per heavy atom.